The number of nitro groups is 1. The average molecular weight is 270 g/mol. The second-order valence-corrected chi connectivity index (χ2v) is 4.09. The van der Waals surface area contributed by atoms with Crippen molar-refractivity contribution < 1.29 is 29.7 Å². The van der Waals surface area contributed by atoms with Crippen molar-refractivity contribution in [2.24, 2.45) is 0 Å². The smallest absolute Gasteiger partial charge is 0.269 e. The summed E-state index contributed by atoms with van der Waals surface area (Å²) in [6.45, 7) is -0.255. The Kier molecular flexibility index (Phi) is 3.96. The van der Waals surface area contributed by atoms with Gasteiger partial charge in [-0.05, 0) is 12.1 Å². The van der Waals surface area contributed by atoms with Gasteiger partial charge in [0.1, 0.15) is 24.1 Å². The number of ether oxygens (including phenoxy) is 2. The average Bonchev–Trinajstić information content (AvgIpc) is 2.40. The van der Waals surface area contributed by atoms with Crippen molar-refractivity contribution in [2.45, 2.75) is 24.6 Å². The van der Waals surface area contributed by atoms with Gasteiger partial charge in [0.15, 0.2) is 0 Å². The topological polar surface area (TPSA) is 125 Å². The molecule has 0 saturated carbocycles. The van der Waals surface area contributed by atoms with Gasteiger partial charge < -0.3 is 24.8 Å². The van der Waals surface area contributed by atoms with E-state index in [0.717, 1.165) is 0 Å². The molecule has 104 valence electrons. The van der Waals surface area contributed by atoms with Crippen LogP contribution in [-0.2, 0) is 4.74 Å². The van der Waals surface area contributed by atoms with E-state index in [2.05, 4.69) is 0 Å². The van der Waals surface area contributed by atoms with Gasteiger partial charge in [0.25, 0.3) is 5.69 Å². The third kappa shape index (κ3) is 2.99. The Balaban J connectivity index is 2.08. The van der Waals surface area contributed by atoms with E-state index in [-0.39, 0.29) is 18.0 Å². The second kappa shape index (κ2) is 5.49. The molecule has 0 aliphatic carbocycles. The van der Waals surface area contributed by atoms with E-state index in [4.69, 9.17) is 9.47 Å². The van der Waals surface area contributed by atoms with Crippen molar-refractivity contribution in [3.05, 3.63) is 34.4 Å². The standard InChI is InChI=1S/C11H12NO7/c13-8-5-18-11(15)10(9(8)14)19-7-3-1-6(2-4-7)12(16)17/h1-4,8-11,13-14H,5H2/q-1/t8-,9+,10-,11-/m1/s1. The molecule has 0 bridgehead atoms. The largest absolute Gasteiger partial charge is 0.828 e. The van der Waals surface area contributed by atoms with Gasteiger partial charge in [-0.1, -0.05) is 0 Å². The molecule has 1 saturated heterocycles. The van der Waals surface area contributed by atoms with Gasteiger partial charge in [-0.25, -0.2) is 0 Å². The van der Waals surface area contributed by atoms with Gasteiger partial charge in [-0.2, -0.15) is 0 Å². The van der Waals surface area contributed by atoms with Crippen LogP contribution in [0.1, 0.15) is 0 Å². The van der Waals surface area contributed by atoms with Gasteiger partial charge in [-0.3, -0.25) is 10.1 Å². The fourth-order valence-electron chi connectivity index (χ4n) is 1.70. The number of nitro benzene ring substituents is 1. The van der Waals surface area contributed by atoms with Crippen LogP contribution in [0.15, 0.2) is 24.3 Å². The molecule has 1 aliphatic heterocycles. The number of hydrogen-bond donors (Lipinski definition) is 2. The Bertz CT molecular complexity index is 449. The Morgan fingerprint density at radius 3 is 2.53 bits per heavy atom. The third-order valence-corrected chi connectivity index (χ3v) is 2.75. The monoisotopic (exact) mass is 270 g/mol. The molecular formula is C11H12NO7-. The van der Waals surface area contributed by atoms with Crippen molar-refractivity contribution in [2.75, 3.05) is 6.61 Å². The molecule has 0 amide bonds. The van der Waals surface area contributed by atoms with Crippen LogP contribution in [0, 0.1) is 10.1 Å². The van der Waals surface area contributed by atoms with E-state index in [1.165, 1.54) is 24.3 Å². The molecule has 2 N–H and O–H groups in total. The minimum Gasteiger partial charge on any atom is -0.828 e. The Morgan fingerprint density at radius 1 is 1.32 bits per heavy atom. The summed E-state index contributed by atoms with van der Waals surface area (Å²) in [4.78, 5) is 9.90. The zero-order chi connectivity index (χ0) is 14.0. The molecule has 8 heteroatoms. The summed E-state index contributed by atoms with van der Waals surface area (Å²) < 4.78 is 9.92. The molecule has 2 rings (SSSR count). The van der Waals surface area contributed by atoms with Crippen LogP contribution in [0.25, 0.3) is 0 Å². The molecule has 1 aromatic carbocycles. The highest BCUT2D eigenvalue weighted by Gasteiger charge is 2.35. The highest BCUT2D eigenvalue weighted by molar-refractivity contribution is 5.36. The fraction of sp³-hybridized carbons (Fsp3) is 0.455. The van der Waals surface area contributed by atoms with Crippen molar-refractivity contribution in [3.63, 3.8) is 0 Å². The third-order valence-electron chi connectivity index (χ3n) is 2.75. The first kappa shape index (κ1) is 13.7. The number of nitrogens with zero attached hydrogens (tertiary/aromatic N) is 1. The van der Waals surface area contributed by atoms with E-state index in [1.54, 1.807) is 0 Å². The number of aliphatic hydroxyl groups is 2. The Labute approximate surface area is 108 Å². The lowest BCUT2D eigenvalue weighted by Crippen LogP contribution is -2.60. The number of rotatable bonds is 3. The lowest BCUT2D eigenvalue weighted by Gasteiger charge is -2.41. The van der Waals surface area contributed by atoms with Gasteiger partial charge in [0, 0.05) is 18.4 Å². The highest BCUT2D eigenvalue weighted by Crippen LogP contribution is 2.22. The van der Waals surface area contributed by atoms with Crippen LogP contribution in [0.2, 0.25) is 0 Å². The maximum absolute atomic E-state index is 11.5. The highest BCUT2D eigenvalue weighted by atomic mass is 16.6. The Hall–Kier alpha value is -1.74. The lowest BCUT2D eigenvalue weighted by molar-refractivity contribution is -0.521. The molecule has 0 spiro atoms. The van der Waals surface area contributed by atoms with Crippen LogP contribution < -0.4 is 9.84 Å². The second-order valence-electron chi connectivity index (χ2n) is 4.09. The SMILES string of the molecule is O=[N+]([O-])c1ccc(O[C@@H]2[C@@H](O)[C@H](O)CO[C@H]2[O-])cc1. The lowest BCUT2D eigenvalue weighted by atomic mass is 10.1. The van der Waals surface area contributed by atoms with Gasteiger partial charge in [0.2, 0.25) is 0 Å². The van der Waals surface area contributed by atoms with E-state index < -0.39 is 29.5 Å². The summed E-state index contributed by atoms with van der Waals surface area (Å²) in [5.74, 6) is 0.174. The van der Waals surface area contributed by atoms with Crippen LogP contribution in [-0.4, -0.2) is 46.3 Å². The van der Waals surface area contributed by atoms with Crippen molar-refractivity contribution >= 4 is 5.69 Å². The molecular weight excluding hydrogens is 258 g/mol. The maximum atomic E-state index is 11.5. The normalized spacial score (nSPS) is 30.9. The van der Waals surface area contributed by atoms with Crippen molar-refractivity contribution in [3.8, 4) is 5.75 Å². The molecule has 1 aromatic rings. The van der Waals surface area contributed by atoms with E-state index >= 15 is 0 Å². The quantitative estimate of drug-likeness (QED) is 0.521. The minimum atomic E-state index is -1.63. The number of non-ortho nitro benzene ring substituents is 1. The summed E-state index contributed by atoms with van der Waals surface area (Å²) in [7, 11) is 0. The summed E-state index contributed by atoms with van der Waals surface area (Å²) in [5, 5.41) is 41.0. The molecule has 8 nitrogen and oxygen atoms in total. The zero-order valence-corrected chi connectivity index (χ0v) is 9.71. The molecule has 1 fully saturated rings. The van der Waals surface area contributed by atoms with Gasteiger partial charge >= 0.3 is 0 Å². The van der Waals surface area contributed by atoms with Gasteiger partial charge in [-0.15, -0.1) is 0 Å². The number of aliphatic hydroxyl groups excluding tert-OH is 2. The first-order valence-electron chi connectivity index (χ1n) is 5.53. The fourth-order valence-corrected chi connectivity index (χ4v) is 1.70. The predicted molar refractivity (Wildman–Crippen MR) is 59.3 cm³/mol. The molecule has 4 atom stereocenters. The maximum Gasteiger partial charge on any atom is 0.269 e. The van der Waals surface area contributed by atoms with E-state index in [9.17, 15) is 25.4 Å². The van der Waals surface area contributed by atoms with Crippen LogP contribution >= 0.6 is 0 Å². The molecule has 0 aromatic heterocycles. The van der Waals surface area contributed by atoms with Crippen LogP contribution in [0.4, 0.5) is 5.69 Å². The number of benzene rings is 1. The molecule has 1 heterocycles. The zero-order valence-electron chi connectivity index (χ0n) is 9.71. The summed E-state index contributed by atoms with van der Waals surface area (Å²) in [6, 6.07) is 5.03. The molecule has 0 unspecified atom stereocenters. The van der Waals surface area contributed by atoms with Crippen LogP contribution in [0.3, 0.4) is 0 Å². The summed E-state index contributed by atoms with van der Waals surface area (Å²) in [5.41, 5.74) is -0.119. The van der Waals surface area contributed by atoms with Crippen LogP contribution in [0.5, 0.6) is 5.75 Å². The number of hydrogen-bond acceptors (Lipinski definition) is 7. The molecule has 19 heavy (non-hydrogen) atoms. The first-order valence-corrected chi connectivity index (χ1v) is 5.53. The Morgan fingerprint density at radius 2 is 1.95 bits per heavy atom. The van der Waals surface area contributed by atoms with E-state index in [1.807, 2.05) is 0 Å². The minimum absolute atomic E-state index is 0.119. The first-order chi connectivity index (χ1) is 8.99. The van der Waals surface area contributed by atoms with Crippen molar-refractivity contribution in [1.82, 2.24) is 0 Å². The van der Waals surface area contributed by atoms with Gasteiger partial charge in [0.05, 0.1) is 11.5 Å². The predicted octanol–water partition coefficient (Wildman–Crippen LogP) is -1.22. The van der Waals surface area contributed by atoms with Crippen molar-refractivity contribution in [1.29, 1.82) is 0 Å². The molecule has 0 radical (unpaired) electrons. The summed E-state index contributed by atoms with van der Waals surface area (Å²) in [6.07, 6.45) is -5.47. The summed E-state index contributed by atoms with van der Waals surface area (Å²) >= 11 is 0. The molecule has 1 aliphatic rings. The van der Waals surface area contributed by atoms with E-state index in [0.29, 0.717) is 0 Å².